The van der Waals surface area contributed by atoms with Gasteiger partial charge in [-0.15, -0.1) is 24.5 Å². The average Bonchev–Trinajstić information content (AvgIpc) is 3.36. The van der Waals surface area contributed by atoms with E-state index in [1.54, 1.807) is 16.5 Å². The molecule has 164 valence electrons. The number of fused-ring (bicyclic) bond motifs is 3. The maximum absolute atomic E-state index is 12.9. The molecule has 1 aromatic carbocycles. The third kappa shape index (κ3) is 3.64. The van der Waals surface area contributed by atoms with Crippen molar-refractivity contribution in [1.82, 2.24) is 14.9 Å². The third-order valence-electron chi connectivity index (χ3n) is 5.60. The first-order valence-corrected chi connectivity index (χ1v) is 10.5. The molecule has 2 unspecified atom stereocenters. The first kappa shape index (κ1) is 19.9. The van der Waals surface area contributed by atoms with E-state index >= 15 is 0 Å². The van der Waals surface area contributed by atoms with Crippen LogP contribution in [0.2, 0.25) is 0 Å². The third-order valence-corrected chi connectivity index (χ3v) is 6.41. The van der Waals surface area contributed by atoms with Crippen molar-refractivity contribution >= 4 is 34.5 Å². The van der Waals surface area contributed by atoms with Gasteiger partial charge in [0.25, 0.3) is 6.01 Å². The number of piperidine rings is 1. The molecule has 8 nitrogen and oxygen atoms in total. The lowest BCUT2D eigenvalue weighted by Gasteiger charge is -2.48. The van der Waals surface area contributed by atoms with Crippen molar-refractivity contribution in [2.45, 2.75) is 37.7 Å². The fraction of sp³-hybridized carbons (Fsp3) is 0.421. The summed E-state index contributed by atoms with van der Waals surface area (Å²) in [5, 5.41) is 11.9. The number of hydrogen-bond donors (Lipinski definition) is 1. The summed E-state index contributed by atoms with van der Waals surface area (Å²) in [6.45, 7) is 0.718. The van der Waals surface area contributed by atoms with Gasteiger partial charge in [-0.3, -0.25) is 4.90 Å². The maximum Gasteiger partial charge on any atom is 0.573 e. The van der Waals surface area contributed by atoms with Gasteiger partial charge in [0, 0.05) is 24.7 Å². The second-order valence-electron chi connectivity index (χ2n) is 7.50. The molecule has 2 aliphatic heterocycles. The van der Waals surface area contributed by atoms with E-state index in [0.29, 0.717) is 36.5 Å². The molecule has 2 bridgehead atoms. The van der Waals surface area contributed by atoms with E-state index in [0.717, 1.165) is 6.42 Å². The highest BCUT2D eigenvalue weighted by atomic mass is 32.1. The fourth-order valence-electron chi connectivity index (χ4n) is 4.42. The Morgan fingerprint density at radius 2 is 2.00 bits per heavy atom. The van der Waals surface area contributed by atoms with Gasteiger partial charge >= 0.3 is 12.5 Å². The number of oxazole rings is 1. The van der Waals surface area contributed by atoms with Gasteiger partial charge in [-0.2, -0.15) is 4.98 Å². The summed E-state index contributed by atoms with van der Waals surface area (Å²) in [6.07, 6.45) is -1.88. The van der Waals surface area contributed by atoms with Crippen LogP contribution >= 0.6 is 11.3 Å². The Labute approximate surface area is 177 Å². The van der Waals surface area contributed by atoms with Crippen LogP contribution in [0.1, 0.15) is 19.3 Å². The Kier molecular flexibility index (Phi) is 4.68. The van der Waals surface area contributed by atoms with Gasteiger partial charge in [0.2, 0.25) is 0 Å². The normalized spacial score (nSPS) is 21.5. The van der Waals surface area contributed by atoms with E-state index in [-0.39, 0.29) is 29.2 Å². The molecule has 2 aliphatic rings. The van der Waals surface area contributed by atoms with E-state index in [1.165, 1.54) is 28.4 Å². The van der Waals surface area contributed by atoms with Crippen molar-refractivity contribution in [1.29, 1.82) is 0 Å². The number of rotatable bonds is 3. The second-order valence-corrected chi connectivity index (χ2v) is 8.40. The van der Waals surface area contributed by atoms with Gasteiger partial charge in [-0.05, 0) is 31.4 Å². The molecule has 31 heavy (non-hydrogen) atoms. The van der Waals surface area contributed by atoms with Crippen molar-refractivity contribution in [2.24, 2.45) is 0 Å². The zero-order chi connectivity index (χ0) is 21.8. The molecule has 2 aromatic heterocycles. The van der Waals surface area contributed by atoms with Crippen LogP contribution in [-0.4, -0.2) is 57.6 Å². The van der Waals surface area contributed by atoms with Crippen molar-refractivity contribution in [3.8, 4) is 16.3 Å². The maximum atomic E-state index is 12.9. The molecular weight excluding hydrogens is 437 g/mol. The van der Waals surface area contributed by atoms with E-state index < -0.39 is 18.2 Å². The zero-order valence-electron chi connectivity index (χ0n) is 16.0. The minimum Gasteiger partial charge on any atom is -0.465 e. The van der Waals surface area contributed by atoms with Crippen LogP contribution < -0.4 is 9.64 Å². The molecule has 3 aromatic rings. The number of carbonyl (C=O) groups is 1. The summed E-state index contributed by atoms with van der Waals surface area (Å²) in [5.41, 5.74) is 0.617. The lowest BCUT2D eigenvalue weighted by molar-refractivity contribution is -0.274. The average molecular weight is 454 g/mol. The molecule has 0 spiro atoms. The number of nitrogens with zero attached hydrogens (tertiary/aromatic N) is 4. The summed E-state index contributed by atoms with van der Waals surface area (Å²) < 4.78 is 48.9. The number of thiazole rings is 1. The monoisotopic (exact) mass is 454 g/mol. The van der Waals surface area contributed by atoms with Crippen molar-refractivity contribution in [2.75, 3.05) is 18.0 Å². The highest BCUT2D eigenvalue weighted by Gasteiger charge is 2.42. The van der Waals surface area contributed by atoms with Crippen molar-refractivity contribution in [3.63, 3.8) is 0 Å². The molecule has 12 heteroatoms. The largest absolute Gasteiger partial charge is 0.573 e. The first-order valence-electron chi connectivity index (χ1n) is 9.65. The Morgan fingerprint density at radius 1 is 1.26 bits per heavy atom. The molecular formula is C19H17F3N4O4S. The Morgan fingerprint density at radius 3 is 2.61 bits per heavy atom. The highest BCUT2D eigenvalue weighted by molar-refractivity contribution is 7.13. The van der Waals surface area contributed by atoms with E-state index in [9.17, 15) is 23.1 Å². The molecule has 1 amide bonds. The predicted molar refractivity (Wildman–Crippen MR) is 105 cm³/mol. The van der Waals surface area contributed by atoms with Crippen LogP contribution in [0.25, 0.3) is 21.7 Å². The van der Waals surface area contributed by atoms with Gasteiger partial charge in [-0.25, -0.2) is 9.78 Å². The van der Waals surface area contributed by atoms with Crippen molar-refractivity contribution in [3.05, 3.63) is 23.7 Å². The van der Waals surface area contributed by atoms with Crippen LogP contribution in [-0.2, 0) is 0 Å². The molecule has 0 aliphatic carbocycles. The summed E-state index contributed by atoms with van der Waals surface area (Å²) >= 11 is 1.32. The summed E-state index contributed by atoms with van der Waals surface area (Å²) in [5.74, 6) is -0.456. The molecule has 0 radical (unpaired) electrons. The molecule has 2 atom stereocenters. The number of ether oxygens (including phenoxy) is 1. The van der Waals surface area contributed by atoms with Gasteiger partial charge in [0.05, 0.1) is 17.6 Å². The zero-order valence-corrected chi connectivity index (χ0v) is 16.8. The van der Waals surface area contributed by atoms with Crippen LogP contribution in [0, 0.1) is 0 Å². The number of amides is 1. The van der Waals surface area contributed by atoms with E-state index in [2.05, 4.69) is 14.7 Å². The molecule has 1 N–H and O–H groups in total. The fourth-order valence-corrected chi connectivity index (χ4v) is 5.08. The quantitative estimate of drug-likeness (QED) is 0.620. The minimum absolute atomic E-state index is 0.0501. The highest BCUT2D eigenvalue weighted by Crippen LogP contribution is 2.40. The molecule has 0 saturated carbocycles. The standard InChI is InChI=1S/C19H17F3N4O4S/c20-19(21,22)30-13-5-4-12(16-23-6-7-31-16)15-14(13)24-17(29-15)25-8-10-2-1-3-11(9-25)26(10)18(27)28/h4-7,10-11H,1-3,8-9H2,(H,27,28). The number of piperazine rings is 1. The summed E-state index contributed by atoms with van der Waals surface area (Å²) in [6, 6.07) is 2.38. The summed E-state index contributed by atoms with van der Waals surface area (Å²) in [7, 11) is 0. The number of aromatic nitrogens is 2. The minimum atomic E-state index is -4.88. The lowest BCUT2D eigenvalue weighted by atomic mass is 9.92. The van der Waals surface area contributed by atoms with Crippen LogP contribution in [0.5, 0.6) is 5.75 Å². The van der Waals surface area contributed by atoms with Gasteiger partial charge < -0.3 is 19.2 Å². The predicted octanol–water partition coefficient (Wildman–Crippen LogP) is 4.57. The molecule has 2 saturated heterocycles. The number of hydrogen-bond acceptors (Lipinski definition) is 7. The smallest absolute Gasteiger partial charge is 0.465 e. The lowest BCUT2D eigenvalue weighted by Crippen LogP contribution is -2.62. The van der Waals surface area contributed by atoms with Gasteiger partial charge in [0.1, 0.15) is 5.01 Å². The number of benzene rings is 1. The second kappa shape index (κ2) is 7.29. The number of alkyl halides is 3. The van der Waals surface area contributed by atoms with Crippen molar-refractivity contribution < 1.29 is 32.2 Å². The first-order chi connectivity index (χ1) is 14.8. The van der Waals surface area contributed by atoms with Gasteiger partial charge in [-0.1, -0.05) is 0 Å². The Balaban J connectivity index is 1.56. The SMILES string of the molecule is O=C(O)N1C2CCCC1CN(c1nc3c(OC(F)(F)F)ccc(-c4nccs4)c3o1)C2. The Hall–Kier alpha value is -3.02. The number of halogens is 3. The van der Waals surface area contributed by atoms with Crippen LogP contribution in [0.15, 0.2) is 28.1 Å². The van der Waals surface area contributed by atoms with Crippen LogP contribution in [0.3, 0.4) is 0 Å². The Bertz CT molecular complexity index is 1100. The number of carboxylic acid groups (broad SMARTS) is 1. The van der Waals surface area contributed by atoms with Gasteiger partial charge in [0.15, 0.2) is 16.8 Å². The molecule has 2 fully saturated rings. The summed E-state index contributed by atoms with van der Waals surface area (Å²) in [4.78, 5) is 23.5. The molecule has 5 rings (SSSR count). The van der Waals surface area contributed by atoms with E-state index in [4.69, 9.17) is 4.42 Å². The number of anilines is 1. The molecule has 4 heterocycles. The van der Waals surface area contributed by atoms with Crippen LogP contribution in [0.4, 0.5) is 24.0 Å². The van der Waals surface area contributed by atoms with E-state index in [1.807, 2.05) is 0 Å². The topological polar surface area (TPSA) is 91.9 Å².